The number of carboxylic acids is 1. The van der Waals surface area contributed by atoms with E-state index in [0.717, 1.165) is 0 Å². The predicted octanol–water partition coefficient (Wildman–Crippen LogP) is 1.03. The van der Waals surface area contributed by atoms with Gasteiger partial charge in [0, 0.05) is 0 Å². The van der Waals surface area contributed by atoms with Crippen LogP contribution in [0.15, 0.2) is 29.7 Å². The van der Waals surface area contributed by atoms with Gasteiger partial charge in [0.1, 0.15) is 0 Å². The molecule has 1 fully saturated rings. The van der Waals surface area contributed by atoms with Crippen molar-refractivity contribution in [3.8, 4) is 0 Å². The number of nitrogens with one attached hydrogen (secondary N) is 2. The van der Waals surface area contributed by atoms with Gasteiger partial charge < -0.3 is 5.11 Å². The Hall–Kier alpha value is -2.15. The minimum absolute atomic E-state index is 0.0604. The molecule has 0 unspecified atom stereocenters. The fourth-order valence-electron chi connectivity index (χ4n) is 3.19. The molecule has 110 valence electrons. The Morgan fingerprint density at radius 3 is 2.48 bits per heavy atom. The summed E-state index contributed by atoms with van der Waals surface area (Å²) in [4.78, 5) is 35.8. The summed E-state index contributed by atoms with van der Waals surface area (Å²) >= 11 is 1.26. The van der Waals surface area contributed by atoms with Crippen molar-refractivity contribution in [2.24, 2.45) is 23.7 Å². The molecule has 2 amide bonds. The molecule has 6 nitrogen and oxygen atoms in total. The molecule has 0 aliphatic heterocycles. The van der Waals surface area contributed by atoms with Gasteiger partial charge in [-0.3, -0.25) is 25.2 Å². The van der Waals surface area contributed by atoms with Crippen LogP contribution in [0.4, 0.5) is 0 Å². The summed E-state index contributed by atoms with van der Waals surface area (Å²) in [7, 11) is 0. The van der Waals surface area contributed by atoms with Crippen LogP contribution in [-0.4, -0.2) is 22.9 Å². The van der Waals surface area contributed by atoms with Gasteiger partial charge in [0.15, 0.2) is 0 Å². The van der Waals surface area contributed by atoms with Crippen molar-refractivity contribution in [2.75, 3.05) is 0 Å². The van der Waals surface area contributed by atoms with E-state index in [1.165, 1.54) is 11.3 Å². The van der Waals surface area contributed by atoms with E-state index in [2.05, 4.69) is 10.9 Å². The highest BCUT2D eigenvalue weighted by molar-refractivity contribution is 7.12. The van der Waals surface area contributed by atoms with E-state index in [-0.39, 0.29) is 11.8 Å². The lowest BCUT2D eigenvalue weighted by Crippen LogP contribution is -2.48. The second-order valence-corrected chi connectivity index (χ2v) is 6.21. The summed E-state index contributed by atoms with van der Waals surface area (Å²) in [6.45, 7) is 0. The van der Waals surface area contributed by atoms with Crippen molar-refractivity contribution in [3.05, 3.63) is 34.5 Å². The smallest absolute Gasteiger partial charge is 0.307 e. The summed E-state index contributed by atoms with van der Waals surface area (Å²) in [5.41, 5.74) is 4.69. The molecular formula is C14H14N2O4S. The number of carbonyl (C=O) groups is 3. The first-order chi connectivity index (χ1) is 10.1. The number of allylic oxidation sites excluding steroid dienone is 2. The van der Waals surface area contributed by atoms with Crippen molar-refractivity contribution in [1.82, 2.24) is 10.9 Å². The molecule has 1 aromatic rings. The largest absolute Gasteiger partial charge is 0.481 e. The summed E-state index contributed by atoms with van der Waals surface area (Å²) in [6.07, 6.45) is 4.46. The second-order valence-electron chi connectivity index (χ2n) is 5.26. The van der Waals surface area contributed by atoms with Crippen molar-refractivity contribution >= 4 is 29.1 Å². The highest BCUT2D eigenvalue weighted by Gasteiger charge is 2.51. The average molecular weight is 306 g/mol. The van der Waals surface area contributed by atoms with E-state index in [9.17, 15) is 19.5 Å². The zero-order valence-corrected chi connectivity index (χ0v) is 11.8. The van der Waals surface area contributed by atoms with E-state index in [0.29, 0.717) is 11.3 Å². The Morgan fingerprint density at radius 2 is 1.86 bits per heavy atom. The zero-order chi connectivity index (χ0) is 15.0. The fourth-order valence-corrected chi connectivity index (χ4v) is 3.81. The number of carbonyl (C=O) groups excluding carboxylic acids is 2. The lowest BCUT2D eigenvalue weighted by molar-refractivity contribution is -0.148. The summed E-state index contributed by atoms with van der Waals surface area (Å²) < 4.78 is 0. The van der Waals surface area contributed by atoms with Crippen LogP contribution >= 0.6 is 11.3 Å². The van der Waals surface area contributed by atoms with Gasteiger partial charge in [0.25, 0.3) is 5.91 Å². The minimum atomic E-state index is -0.961. The highest BCUT2D eigenvalue weighted by Crippen LogP contribution is 2.48. The van der Waals surface area contributed by atoms with Crippen molar-refractivity contribution in [3.63, 3.8) is 0 Å². The lowest BCUT2D eigenvalue weighted by Gasteiger charge is -2.23. The Kier molecular flexibility index (Phi) is 3.50. The van der Waals surface area contributed by atoms with E-state index >= 15 is 0 Å². The maximum atomic E-state index is 12.2. The third kappa shape index (κ3) is 2.44. The van der Waals surface area contributed by atoms with Gasteiger partial charge in [-0.15, -0.1) is 11.3 Å². The monoisotopic (exact) mass is 306 g/mol. The number of fused-ring (bicyclic) bond motifs is 2. The van der Waals surface area contributed by atoms with E-state index < -0.39 is 29.6 Å². The standard InChI is InChI=1S/C14H14N2O4S/c17-12(9-2-1-5-21-9)15-16-13(18)10-7-3-4-8(6-7)11(10)14(19)20/h1-5,7-8,10-11H,6H2,(H,15,17)(H,16,18)(H,19,20)/t7-,8-,10-,11+/m0/s1. The molecule has 0 saturated heterocycles. The van der Waals surface area contributed by atoms with E-state index in [1.54, 1.807) is 17.5 Å². The number of aliphatic carboxylic acids is 1. The molecule has 2 aliphatic rings. The minimum Gasteiger partial charge on any atom is -0.481 e. The van der Waals surface area contributed by atoms with Crippen LogP contribution in [0.2, 0.25) is 0 Å². The highest BCUT2D eigenvalue weighted by atomic mass is 32.1. The van der Waals surface area contributed by atoms with Crippen LogP contribution in [-0.2, 0) is 9.59 Å². The molecule has 0 spiro atoms. The molecule has 2 bridgehead atoms. The summed E-state index contributed by atoms with van der Waals surface area (Å²) in [5.74, 6) is -3.28. The van der Waals surface area contributed by atoms with Crippen LogP contribution in [0.3, 0.4) is 0 Å². The van der Waals surface area contributed by atoms with Crippen LogP contribution in [0.5, 0.6) is 0 Å². The number of hydrogen-bond acceptors (Lipinski definition) is 4. The number of carboxylic acid groups (broad SMARTS) is 1. The van der Waals surface area contributed by atoms with Gasteiger partial charge in [-0.05, 0) is 29.7 Å². The molecule has 1 aromatic heterocycles. The molecule has 4 atom stereocenters. The number of amides is 2. The molecule has 2 aliphatic carbocycles. The van der Waals surface area contributed by atoms with Gasteiger partial charge in [-0.2, -0.15) is 0 Å². The van der Waals surface area contributed by atoms with Gasteiger partial charge in [0.05, 0.1) is 16.7 Å². The molecular weight excluding hydrogens is 292 g/mol. The molecule has 1 heterocycles. The Morgan fingerprint density at radius 1 is 1.14 bits per heavy atom. The average Bonchev–Trinajstić information content (AvgIpc) is 3.17. The predicted molar refractivity (Wildman–Crippen MR) is 75.3 cm³/mol. The Labute approximate surface area is 124 Å². The number of thiophene rings is 1. The maximum absolute atomic E-state index is 12.2. The fraction of sp³-hybridized carbons (Fsp3) is 0.357. The van der Waals surface area contributed by atoms with Crippen molar-refractivity contribution in [1.29, 1.82) is 0 Å². The van der Waals surface area contributed by atoms with E-state index in [4.69, 9.17) is 0 Å². The van der Waals surface area contributed by atoms with Crippen LogP contribution < -0.4 is 10.9 Å². The quantitative estimate of drug-likeness (QED) is 0.574. The SMILES string of the molecule is O=C(NNC(=O)[C@@H]1[C@H](C(=O)O)[C@H]2C=C[C@H]1C2)c1cccs1. The first-order valence-corrected chi connectivity index (χ1v) is 7.50. The van der Waals surface area contributed by atoms with Gasteiger partial charge >= 0.3 is 5.97 Å². The molecule has 3 rings (SSSR count). The lowest BCUT2D eigenvalue weighted by atomic mass is 9.82. The molecule has 3 N–H and O–H groups in total. The maximum Gasteiger partial charge on any atom is 0.307 e. The van der Waals surface area contributed by atoms with Crippen LogP contribution in [0.1, 0.15) is 16.1 Å². The third-order valence-corrected chi connectivity index (χ3v) is 4.96. The van der Waals surface area contributed by atoms with Gasteiger partial charge in [-0.1, -0.05) is 18.2 Å². The van der Waals surface area contributed by atoms with Gasteiger partial charge in [-0.25, -0.2) is 0 Å². The number of rotatable bonds is 3. The Balaban J connectivity index is 1.64. The van der Waals surface area contributed by atoms with E-state index in [1.807, 2.05) is 12.2 Å². The van der Waals surface area contributed by atoms with Crippen molar-refractivity contribution < 1.29 is 19.5 Å². The molecule has 0 aromatic carbocycles. The van der Waals surface area contributed by atoms with Crippen molar-refractivity contribution in [2.45, 2.75) is 6.42 Å². The molecule has 21 heavy (non-hydrogen) atoms. The Bertz CT molecular complexity index is 611. The zero-order valence-electron chi connectivity index (χ0n) is 11.0. The normalized spacial score (nSPS) is 29.3. The van der Waals surface area contributed by atoms with Crippen LogP contribution in [0.25, 0.3) is 0 Å². The first-order valence-electron chi connectivity index (χ1n) is 6.62. The molecule has 0 radical (unpaired) electrons. The number of hydrazine groups is 1. The number of hydrogen-bond donors (Lipinski definition) is 3. The summed E-state index contributed by atoms with van der Waals surface area (Å²) in [6, 6.07) is 3.38. The van der Waals surface area contributed by atoms with Gasteiger partial charge in [0.2, 0.25) is 5.91 Å². The van der Waals surface area contributed by atoms with Crippen LogP contribution in [0, 0.1) is 23.7 Å². The molecule has 1 saturated carbocycles. The summed E-state index contributed by atoms with van der Waals surface area (Å²) in [5, 5.41) is 11.0. The molecule has 7 heteroatoms. The first kappa shape index (κ1) is 13.8. The third-order valence-electron chi connectivity index (χ3n) is 4.09. The second kappa shape index (κ2) is 5.33. The topological polar surface area (TPSA) is 95.5 Å².